The number of nitrogen functional groups attached to an aromatic ring is 1. The molecule has 1 heterocycles. The Morgan fingerprint density at radius 3 is 2.30 bits per heavy atom. The zero-order valence-corrected chi connectivity index (χ0v) is 15.4. The maximum Gasteiger partial charge on any atom is 0.417 e. The van der Waals surface area contributed by atoms with Gasteiger partial charge in [-0.25, -0.2) is 0 Å². The summed E-state index contributed by atoms with van der Waals surface area (Å²) in [5, 5.41) is 11.3. The fourth-order valence-electron chi connectivity index (χ4n) is 3.53. The van der Waals surface area contributed by atoms with Gasteiger partial charge in [0.1, 0.15) is 18.4 Å². The molecule has 1 unspecified atom stereocenters. The van der Waals surface area contributed by atoms with Gasteiger partial charge in [0.25, 0.3) is 0 Å². The highest BCUT2D eigenvalue weighted by atomic mass is 19.4. The van der Waals surface area contributed by atoms with Crippen LogP contribution in [0.1, 0.15) is 29.0 Å². The normalized spacial score (nSPS) is 22.0. The summed E-state index contributed by atoms with van der Waals surface area (Å²) < 4.78 is 85.9. The highest BCUT2D eigenvalue weighted by Gasteiger charge is 2.51. The average molecular weight is 429 g/mol. The van der Waals surface area contributed by atoms with E-state index in [1.807, 2.05) is 0 Å². The summed E-state index contributed by atoms with van der Waals surface area (Å²) in [4.78, 5) is 0. The molecule has 160 valence electrons. The predicted octanol–water partition coefficient (Wildman–Crippen LogP) is 4.61. The lowest BCUT2D eigenvalue weighted by atomic mass is 9.88. The maximum absolute atomic E-state index is 13.6. The maximum atomic E-state index is 13.6. The van der Waals surface area contributed by atoms with Crippen LogP contribution in [0.5, 0.6) is 5.75 Å². The summed E-state index contributed by atoms with van der Waals surface area (Å²) in [5.41, 5.74) is 4.05. The van der Waals surface area contributed by atoms with Crippen LogP contribution < -0.4 is 15.8 Å². The van der Waals surface area contributed by atoms with Crippen molar-refractivity contribution in [3.05, 3.63) is 59.2 Å². The third-order valence-corrected chi connectivity index (χ3v) is 4.94. The van der Waals surface area contributed by atoms with Crippen LogP contribution in [-0.4, -0.2) is 24.9 Å². The van der Waals surface area contributed by atoms with Gasteiger partial charge in [-0.15, -0.1) is 0 Å². The summed E-state index contributed by atoms with van der Waals surface area (Å²) in [6.45, 7) is -0.102. The second kappa shape index (κ2) is 8.07. The van der Waals surface area contributed by atoms with Crippen LogP contribution in [0.4, 0.5) is 32.0 Å². The van der Waals surface area contributed by atoms with E-state index < -0.39 is 41.5 Å². The fraction of sp³-hybridized carbons (Fsp3) is 0.350. The van der Waals surface area contributed by atoms with Crippen LogP contribution in [0.2, 0.25) is 0 Å². The van der Waals surface area contributed by atoms with E-state index in [9.17, 15) is 26.3 Å². The highest BCUT2D eigenvalue weighted by Crippen LogP contribution is 2.42. The van der Waals surface area contributed by atoms with Crippen molar-refractivity contribution >= 4 is 5.69 Å². The van der Waals surface area contributed by atoms with Gasteiger partial charge >= 0.3 is 12.4 Å². The smallest absolute Gasteiger partial charge is 0.417 e. The number of nitrogens with two attached hydrogens (primary N) is 1. The van der Waals surface area contributed by atoms with Gasteiger partial charge in [-0.3, -0.25) is 5.32 Å². The summed E-state index contributed by atoms with van der Waals surface area (Å²) in [6.07, 6.45) is -9.60. The lowest BCUT2D eigenvalue weighted by molar-refractivity contribution is -0.156. The van der Waals surface area contributed by atoms with Crippen molar-refractivity contribution in [2.75, 3.05) is 12.3 Å². The number of rotatable bonds is 4. The van der Waals surface area contributed by atoms with Gasteiger partial charge in [-0.2, -0.15) is 31.6 Å². The van der Waals surface area contributed by atoms with Crippen LogP contribution in [-0.2, 0) is 6.18 Å². The van der Waals surface area contributed by atoms with Gasteiger partial charge in [0.05, 0.1) is 17.2 Å². The molecule has 1 aliphatic heterocycles. The topological polar surface area (TPSA) is 71.1 Å². The van der Waals surface area contributed by atoms with E-state index in [0.717, 1.165) is 12.1 Å². The van der Waals surface area contributed by atoms with Crippen molar-refractivity contribution in [1.29, 1.82) is 5.26 Å². The molecule has 2 aromatic rings. The Bertz CT molecular complexity index is 934. The second-order valence-electron chi connectivity index (χ2n) is 7.02. The third kappa shape index (κ3) is 4.79. The Morgan fingerprint density at radius 2 is 1.73 bits per heavy atom. The van der Waals surface area contributed by atoms with Gasteiger partial charge in [0.15, 0.2) is 0 Å². The molecule has 4 nitrogen and oxygen atoms in total. The predicted molar refractivity (Wildman–Crippen MR) is 96.6 cm³/mol. The quantitative estimate of drug-likeness (QED) is 0.550. The van der Waals surface area contributed by atoms with Gasteiger partial charge in [-0.05, 0) is 48.4 Å². The standard InChI is InChI=1S/C20H17F6N3O/c21-19(22,23)17-7-11(1-2-12(17)9-27)16-8-14(29-18(16)20(24,25)26)10-30-15-5-3-13(28)4-6-15/h1-7,14,16,18,29H,8,10,28H2/t14-,16?,18+/m0/s1. The Morgan fingerprint density at radius 1 is 1.07 bits per heavy atom. The first-order chi connectivity index (χ1) is 14.0. The largest absolute Gasteiger partial charge is 0.492 e. The molecule has 0 radical (unpaired) electrons. The van der Waals surface area contributed by atoms with E-state index >= 15 is 0 Å². The number of nitrogens with one attached hydrogen (secondary N) is 1. The van der Waals surface area contributed by atoms with Crippen LogP contribution in [0.15, 0.2) is 42.5 Å². The van der Waals surface area contributed by atoms with Crippen molar-refractivity contribution < 1.29 is 31.1 Å². The first kappa shape index (κ1) is 21.8. The van der Waals surface area contributed by atoms with E-state index in [0.29, 0.717) is 17.5 Å². The van der Waals surface area contributed by atoms with Gasteiger partial charge in [0, 0.05) is 17.6 Å². The van der Waals surface area contributed by atoms with E-state index in [2.05, 4.69) is 5.32 Å². The number of alkyl halides is 6. The van der Waals surface area contributed by atoms with Crippen LogP contribution in [0, 0.1) is 11.3 Å². The Labute approximate surface area is 168 Å². The first-order valence-corrected chi connectivity index (χ1v) is 8.91. The SMILES string of the molecule is N#Cc1ccc(C2C[C@@H](COc3ccc(N)cc3)N[C@H]2C(F)(F)F)cc1C(F)(F)F. The van der Waals surface area contributed by atoms with Gasteiger partial charge < -0.3 is 10.5 Å². The van der Waals surface area contributed by atoms with E-state index in [1.54, 1.807) is 24.3 Å². The summed E-state index contributed by atoms with van der Waals surface area (Å²) in [5.74, 6) is -0.838. The van der Waals surface area contributed by atoms with Crippen LogP contribution >= 0.6 is 0 Å². The number of benzene rings is 2. The lowest BCUT2D eigenvalue weighted by Crippen LogP contribution is -2.44. The molecule has 0 spiro atoms. The Kier molecular flexibility index (Phi) is 5.85. The van der Waals surface area contributed by atoms with Crippen molar-refractivity contribution in [3.63, 3.8) is 0 Å². The molecule has 0 amide bonds. The Hall–Kier alpha value is -2.93. The minimum absolute atomic E-state index is 0.0810. The minimum Gasteiger partial charge on any atom is -0.492 e. The molecule has 0 saturated carbocycles. The monoisotopic (exact) mass is 429 g/mol. The van der Waals surface area contributed by atoms with Crippen LogP contribution in [0.3, 0.4) is 0 Å². The fourth-order valence-corrected chi connectivity index (χ4v) is 3.53. The van der Waals surface area contributed by atoms with Crippen molar-refractivity contribution in [3.8, 4) is 11.8 Å². The molecule has 1 fully saturated rings. The van der Waals surface area contributed by atoms with Crippen LogP contribution in [0.25, 0.3) is 0 Å². The number of hydrogen-bond acceptors (Lipinski definition) is 4. The zero-order chi connectivity index (χ0) is 22.1. The molecule has 3 rings (SSSR count). The molecular formula is C20H17F6N3O. The van der Waals surface area contributed by atoms with Crippen molar-refractivity contribution in [1.82, 2.24) is 5.32 Å². The molecule has 3 atom stereocenters. The lowest BCUT2D eigenvalue weighted by Gasteiger charge is -2.23. The molecule has 10 heteroatoms. The molecule has 0 aliphatic carbocycles. The molecule has 1 saturated heterocycles. The molecular weight excluding hydrogens is 412 g/mol. The summed E-state index contributed by atoms with van der Waals surface area (Å²) in [7, 11) is 0. The molecule has 30 heavy (non-hydrogen) atoms. The van der Waals surface area contributed by atoms with E-state index in [-0.39, 0.29) is 18.6 Å². The van der Waals surface area contributed by atoms with E-state index in [4.69, 9.17) is 15.7 Å². The van der Waals surface area contributed by atoms with Gasteiger partial charge in [-0.1, -0.05) is 6.07 Å². The third-order valence-electron chi connectivity index (χ3n) is 4.94. The minimum atomic E-state index is -4.85. The van der Waals surface area contributed by atoms with Crippen molar-refractivity contribution in [2.24, 2.45) is 0 Å². The Balaban J connectivity index is 1.84. The van der Waals surface area contributed by atoms with Gasteiger partial charge in [0.2, 0.25) is 0 Å². The average Bonchev–Trinajstić information content (AvgIpc) is 3.11. The molecule has 3 N–H and O–H groups in total. The molecule has 0 aromatic heterocycles. The number of ether oxygens (including phenoxy) is 1. The van der Waals surface area contributed by atoms with Crippen molar-refractivity contribution in [2.45, 2.75) is 36.8 Å². The molecule has 0 bridgehead atoms. The second-order valence-corrected chi connectivity index (χ2v) is 7.02. The first-order valence-electron chi connectivity index (χ1n) is 8.91. The molecule has 1 aliphatic rings. The van der Waals surface area contributed by atoms with E-state index in [1.165, 1.54) is 6.07 Å². The number of nitrogens with zero attached hydrogens (tertiary/aromatic N) is 1. The summed E-state index contributed by atoms with van der Waals surface area (Å²) in [6, 6.07) is 7.63. The number of nitriles is 1. The summed E-state index contributed by atoms with van der Waals surface area (Å²) >= 11 is 0. The zero-order valence-electron chi connectivity index (χ0n) is 15.4. The number of hydrogen-bond donors (Lipinski definition) is 2. The highest BCUT2D eigenvalue weighted by molar-refractivity contribution is 5.44. The number of halogens is 6. The number of anilines is 1. The molecule has 2 aromatic carbocycles.